The van der Waals surface area contributed by atoms with Gasteiger partial charge in [0.2, 0.25) is 0 Å². The van der Waals surface area contributed by atoms with Crippen LogP contribution in [-0.2, 0) is 0 Å². The predicted octanol–water partition coefficient (Wildman–Crippen LogP) is 2.11. The number of hydrogen-bond acceptors (Lipinski definition) is 2. The molecule has 0 aromatic carbocycles. The van der Waals surface area contributed by atoms with Crippen molar-refractivity contribution in [3.8, 4) is 0 Å². The van der Waals surface area contributed by atoms with Gasteiger partial charge < -0.3 is 0 Å². The normalized spacial score (nSPS) is 13.0. The van der Waals surface area contributed by atoms with Gasteiger partial charge in [0.1, 0.15) is 0 Å². The van der Waals surface area contributed by atoms with Gasteiger partial charge in [0.15, 0.2) is 0 Å². The van der Waals surface area contributed by atoms with Crippen molar-refractivity contribution < 1.29 is 0 Å². The predicted molar refractivity (Wildman–Crippen MR) is 45.2 cm³/mol. The number of hydrogen-bond donors (Lipinski definition) is 0. The van der Waals surface area contributed by atoms with Crippen LogP contribution in [0.2, 0.25) is 0 Å². The van der Waals surface area contributed by atoms with Crippen LogP contribution in [-0.4, -0.2) is 9.97 Å². The number of aryl methyl sites for hydroxylation is 1. The molecule has 2 nitrogen and oxygen atoms in total. The first kappa shape index (κ1) is 8.18. The Hall–Kier alpha value is -0.920. The molecule has 1 atom stereocenters. The second kappa shape index (κ2) is 3.46. The zero-order valence-corrected chi connectivity index (χ0v) is 7.04. The Labute approximate surface area is 67.7 Å². The third-order valence-corrected chi connectivity index (χ3v) is 1.80. The van der Waals surface area contributed by atoms with Gasteiger partial charge in [-0.05, 0) is 20.3 Å². The highest BCUT2D eigenvalue weighted by Crippen LogP contribution is 2.16. The third-order valence-electron chi connectivity index (χ3n) is 1.80. The van der Waals surface area contributed by atoms with Crippen molar-refractivity contribution in [1.82, 2.24) is 9.97 Å². The Morgan fingerprint density at radius 1 is 1.45 bits per heavy atom. The summed E-state index contributed by atoms with van der Waals surface area (Å²) in [6.07, 6.45) is 4.44. The molecule has 11 heavy (non-hydrogen) atoms. The van der Waals surface area contributed by atoms with Gasteiger partial charge in [-0.25, -0.2) is 0 Å². The van der Waals surface area contributed by atoms with Crippen LogP contribution in [0, 0.1) is 13.8 Å². The van der Waals surface area contributed by atoms with E-state index in [1.165, 1.54) is 0 Å². The summed E-state index contributed by atoms with van der Waals surface area (Å²) < 4.78 is 0. The fourth-order valence-electron chi connectivity index (χ4n) is 1.01. The molecule has 59 valence electrons. The Kier molecular flexibility index (Phi) is 2.58. The van der Waals surface area contributed by atoms with Gasteiger partial charge in [-0.1, -0.05) is 6.92 Å². The molecule has 0 aliphatic rings. The Morgan fingerprint density at radius 3 is 2.64 bits per heavy atom. The monoisotopic (exact) mass is 149 g/mol. The minimum Gasteiger partial charge on any atom is -0.258 e. The van der Waals surface area contributed by atoms with Gasteiger partial charge in [-0.15, -0.1) is 0 Å². The number of rotatable bonds is 2. The van der Waals surface area contributed by atoms with Crippen LogP contribution in [0.5, 0.6) is 0 Å². The van der Waals surface area contributed by atoms with Gasteiger partial charge in [0.05, 0.1) is 11.4 Å². The van der Waals surface area contributed by atoms with Crippen molar-refractivity contribution in [3.05, 3.63) is 30.7 Å². The minimum atomic E-state index is 0.281. The molecule has 1 aromatic heterocycles. The van der Waals surface area contributed by atoms with Crippen molar-refractivity contribution in [2.75, 3.05) is 0 Å². The van der Waals surface area contributed by atoms with Gasteiger partial charge in [0, 0.05) is 18.3 Å². The molecule has 1 rings (SSSR count). The van der Waals surface area contributed by atoms with Gasteiger partial charge in [-0.2, -0.15) is 0 Å². The highest BCUT2D eigenvalue weighted by Gasteiger charge is 2.06. The van der Waals surface area contributed by atoms with E-state index in [1.54, 1.807) is 12.4 Å². The second-order valence-corrected chi connectivity index (χ2v) is 2.63. The van der Waals surface area contributed by atoms with Crippen LogP contribution in [0.15, 0.2) is 12.4 Å². The molecule has 0 spiro atoms. The lowest BCUT2D eigenvalue weighted by atomic mass is 10.0. The summed E-state index contributed by atoms with van der Waals surface area (Å²) in [5.74, 6) is 0.281. The second-order valence-electron chi connectivity index (χ2n) is 2.63. The third kappa shape index (κ3) is 1.76. The van der Waals surface area contributed by atoms with E-state index in [0.29, 0.717) is 0 Å². The van der Waals surface area contributed by atoms with Crippen LogP contribution < -0.4 is 0 Å². The lowest BCUT2D eigenvalue weighted by Gasteiger charge is -2.08. The number of nitrogens with zero attached hydrogens (tertiary/aromatic N) is 2. The maximum Gasteiger partial charge on any atom is 0.0646 e. The molecule has 0 bridgehead atoms. The average molecular weight is 149 g/mol. The van der Waals surface area contributed by atoms with Crippen LogP contribution in [0.3, 0.4) is 0 Å². The van der Waals surface area contributed by atoms with Gasteiger partial charge in [0.25, 0.3) is 0 Å². The van der Waals surface area contributed by atoms with E-state index < -0.39 is 0 Å². The van der Waals surface area contributed by atoms with Crippen LogP contribution >= 0.6 is 0 Å². The standard InChI is InChI=1S/C9H13N2/c1-4-7(2)9-8(3)10-5-6-11-9/h5-7H,2,4H2,1,3H3. The summed E-state index contributed by atoms with van der Waals surface area (Å²) in [7, 11) is 0. The van der Waals surface area contributed by atoms with E-state index >= 15 is 0 Å². The fraction of sp³-hybridized carbons (Fsp3) is 0.444. The van der Waals surface area contributed by atoms with Crippen LogP contribution in [0.25, 0.3) is 0 Å². The summed E-state index contributed by atoms with van der Waals surface area (Å²) in [6, 6.07) is 0. The van der Waals surface area contributed by atoms with Crippen LogP contribution in [0.4, 0.5) is 0 Å². The lowest BCUT2D eigenvalue weighted by molar-refractivity contribution is 0.753. The summed E-state index contributed by atoms with van der Waals surface area (Å²) in [5, 5.41) is 0. The lowest BCUT2D eigenvalue weighted by Crippen LogP contribution is -2.00. The Bertz CT molecular complexity index is 233. The first-order valence-electron chi connectivity index (χ1n) is 3.86. The van der Waals surface area contributed by atoms with E-state index in [9.17, 15) is 0 Å². The van der Waals surface area contributed by atoms with Crippen molar-refractivity contribution in [2.24, 2.45) is 0 Å². The first-order valence-corrected chi connectivity index (χ1v) is 3.86. The smallest absolute Gasteiger partial charge is 0.0646 e. The van der Waals surface area contributed by atoms with Crippen molar-refractivity contribution >= 4 is 0 Å². The molecular weight excluding hydrogens is 136 g/mol. The zero-order valence-electron chi connectivity index (χ0n) is 7.04. The molecule has 0 saturated carbocycles. The molecule has 2 heteroatoms. The number of aromatic nitrogens is 2. The van der Waals surface area contributed by atoms with Gasteiger partial charge in [-0.3, -0.25) is 9.97 Å². The molecule has 0 N–H and O–H groups in total. The first-order chi connectivity index (χ1) is 5.25. The molecule has 0 aliphatic heterocycles. The molecular formula is C9H13N2. The van der Waals surface area contributed by atoms with Crippen LogP contribution in [0.1, 0.15) is 30.7 Å². The van der Waals surface area contributed by atoms with E-state index in [4.69, 9.17) is 0 Å². The largest absolute Gasteiger partial charge is 0.258 e. The topological polar surface area (TPSA) is 25.8 Å². The highest BCUT2D eigenvalue weighted by molar-refractivity contribution is 5.14. The van der Waals surface area contributed by atoms with Crippen molar-refractivity contribution in [1.29, 1.82) is 0 Å². The Morgan fingerprint density at radius 2 is 2.09 bits per heavy atom. The quantitative estimate of drug-likeness (QED) is 0.643. The average Bonchev–Trinajstić information content (AvgIpc) is 2.04. The Balaban J connectivity index is 2.93. The van der Waals surface area contributed by atoms with E-state index in [0.717, 1.165) is 17.8 Å². The zero-order chi connectivity index (χ0) is 8.27. The SMILES string of the molecule is [CH2]C(CC)c1nccnc1C. The molecule has 1 radical (unpaired) electrons. The van der Waals surface area contributed by atoms with Crippen molar-refractivity contribution in [2.45, 2.75) is 26.2 Å². The minimum absolute atomic E-state index is 0.281. The molecule has 1 heterocycles. The summed E-state index contributed by atoms with van der Waals surface area (Å²) in [6.45, 7) is 8.06. The molecule has 0 fully saturated rings. The van der Waals surface area contributed by atoms with E-state index in [2.05, 4.69) is 23.8 Å². The summed E-state index contributed by atoms with van der Waals surface area (Å²) in [5.41, 5.74) is 2.02. The summed E-state index contributed by atoms with van der Waals surface area (Å²) >= 11 is 0. The molecule has 1 unspecified atom stereocenters. The molecule has 1 aromatic rings. The molecule has 0 amide bonds. The summed E-state index contributed by atoms with van der Waals surface area (Å²) in [4.78, 5) is 8.37. The van der Waals surface area contributed by atoms with Crippen molar-refractivity contribution in [3.63, 3.8) is 0 Å². The maximum absolute atomic E-state index is 4.22. The molecule has 0 saturated heterocycles. The van der Waals surface area contributed by atoms with E-state index in [1.807, 2.05) is 6.92 Å². The molecule has 0 aliphatic carbocycles. The van der Waals surface area contributed by atoms with E-state index in [-0.39, 0.29) is 5.92 Å². The highest BCUT2D eigenvalue weighted by atomic mass is 14.8. The van der Waals surface area contributed by atoms with Gasteiger partial charge >= 0.3 is 0 Å². The fourth-order valence-corrected chi connectivity index (χ4v) is 1.01. The maximum atomic E-state index is 4.22.